The molecule has 3 aliphatic rings. The third-order valence-electron chi connectivity index (χ3n) is 4.69. The number of carbonyl (C=O) groups is 4. The van der Waals surface area contributed by atoms with Gasteiger partial charge in [0.15, 0.2) is 0 Å². The summed E-state index contributed by atoms with van der Waals surface area (Å²) in [5.41, 5.74) is -1.18. The lowest BCUT2D eigenvalue weighted by molar-refractivity contribution is -0.162. The van der Waals surface area contributed by atoms with E-state index in [0.29, 0.717) is 6.42 Å². The predicted molar refractivity (Wildman–Crippen MR) is 59.2 cm³/mol. The maximum atomic E-state index is 12.2. The molecule has 4 atom stereocenters. The van der Waals surface area contributed by atoms with Crippen LogP contribution in [0.15, 0.2) is 0 Å². The lowest BCUT2D eigenvalue weighted by Gasteiger charge is -2.39. The van der Waals surface area contributed by atoms with Gasteiger partial charge >= 0.3 is 23.9 Å². The second kappa shape index (κ2) is 3.88. The van der Waals surface area contributed by atoms with E-state index in [1.54, 1.807) is 0 Å². The first-order chi connectivity index (χ1) is 8.96. The number of esters is 4. The molecule has 3 fully saturated rings. The summed E-state index contributed by atoms with van der Waals surface area (Å²) < 4.78 is 9.33. The van der Waals surface area contributed by atoms with Gasteiger partial charge < -0.3 is 9.47 Å². The minimum Gasteiger partial charge on any atom is -0.393 e. The molecular weight excluding hydrogens is 252 g/mol. The summed E-state index contributed by atoms with van der Waals surface area (Å²) in [6.07, 6.45) is 1.81. The van der Waals surface area contributed by atoms with Gasteiger partial charge in [0.25, 0.3) is 0 Å². The number of ether oxygens (including phenoxy) is 2. The van der Waals surface area contributed by atoms with Crippen LogP contribution in [0.25, 0.3) is 0 Å². The Labute approximate surface area is 109 Å². The summed E-state index contributed by atoms with van der Waals surface area (Å²) in [6, 6.07) is 0. The highest BCUT2D eigenvalue weighted by Crippen LogP contribution is 2.56. The van der Waals surface area contributed by atoms with Gasteiger partial charge in [-0.3, -0.25) is 19.2 Å². The van der Waals surface area contributed by atoms with Crippen LogP contribution >= 0.6 is 0 Å². The third-order valence-corrected chi connectivity index (χ3v) is 4.69. The smallest absolute Gasteiger partial charge is 0.321 e. The number of cyclic esters (lactones) is 4. The van der Waals surface area contributed by atoms with E-state index in [9.17, 15) is 19.2 Å². The molecule has 19 heavy (non-hydrogen) atoms. The van der Waals surface area contributed by atoms with Gasteiger partial charge in [-0.2, -0.15) is 0 Å². The highest BCUT2D eigenvalue weighted by molar-refractivity contribution is 6.05. The Morgan fingerprint density at radius 3 is 2.47 bits per heavy atom. The number of carbonyl (C=O) groups excluding carboxylic acids is 4. The third kappa shape index (κ3) is 1.49. The molecule has 0 spiro atoms. The van der Waals surface area contributed by atoms with E-state index >= 15 is 0 Å². The van der Waals surface area contributed by atoms with Gasteiger partial charge in [0, 0.05) is 0 Å². The van der Waals surface area contributed by atoms with Crippen LogP contribution in [0.3, 0.4) is 0 Å². The van der Waals surface area contributed by atoms with Crippen molar-refractivity contribution in [3.8, 4) is 0 Å². The molecule has 0 N–H and O–H groups in total. The Morgan fingerprint density at radius 1 is 1.11 bits per heavy atom. The molecule has 1 aliphatic carbocycles. The maximum absolute atomic E-state index is 12.2. The summed E-state index contributed by atoms with van der Waals surface area (Å²) in [5, 5.41) is 0. The van der Waals surface area contributed by atoms with Crippen molar-refractivity contribution in [2.24, 2.45) is 23.2 Å². The molecular formula is C13H14O6. The van der Waals surface area contributed by atoms with Gasteiger partial charge in [0.2, 0.25) is 0 Å². The molecule has 6 heteroatoms. The number of fused-ring (bicyclic) bond motifs is 1. The largest absolute Gasteiger partial charge is 0.393 e. The van der Waals surface area contributed by atoms with Crippen LogP contribution in [0, 0.1) is 23.2 Å². The summed E-state index contributed by atoms with van der Waals surface area (Å²) >= 11 is 0. The van der Waals surface area contributed by atoms with Crippen molar-refractivity contribution >= 4 is 23.9 Å². The molecule has 0 aromatic carbocycles. The monoisotopic (exact) mass is 266 g/mol. The van der Waals surface area contributed by atoms with E-state index in [1.165, 1.54) is 0 Å². The van der Waals surface area contributed by atoms with E-state index < -0.39 is 41.1 Å². The van der Waals surface area contributed by atoms with Gasteiger partial charge in [-0.05, 0) is 18.8 Å². The van der Waals surface area contributed by atoms with Crippen molar-refractivity contribution in [1.82, 2.24) is 0 Å². The fourth-order valence-corrected chi connectivity index (χ4v) is 3.87. The van der Waals surface area contributed by atoms with Crippen LogP contribution < -0.4 is 0 Å². The summed E-state index contributed by atoms with van der Waals surface area (Å²) in [5.74, 6) is -4.08. The fraction of sp³-hybridized carbons (Fsp3) is 0.692. The lowest BCUT2D eigenvalue weighted by Crippen LogP contribution is -2.48. The molecule has 102 valence electrons. The van der Waals surface area contributed by atoms with E-state index in [1.807, 2.05) is 6.92 Å². The molecule has 4 unspecified atom stereocenters. The van der Waals surface area contributed by atoms with Gasteiger partial charge in [-0.1, -0.05) is 13.3 Å². The number of hydrogen-bond acceptors (Lipinski definition) is 6. The second-order valence-corrected chi connectivity index (χ2v) is 5.65. The van der Waals surface area contributed by atoms with E-state index in [4.69, 9.17) is 4.74 Å². The Kier molecular flexibility index (Phi) is 2.52. The van der Waals surface area contributed by atoms with Crippen LogP contribution in [0.1, 0.15) is 32.6 Å². The Morgan fingerprint density at radius 2 is 1.84 bits per heavy atom. The van der Waals surface area contributed by atoms with Crippen LogP contribution in [0.5, 0.6) is 0 Å². The van der Waals surface area contributed by atoms with Gasteiger partial charge in [0.1, 0.15) is 0 Å². The van der Waals surface area contributed by atoms with Gasteiger partial charge in [-0.15, -0.1) is 0 Å². The van der Waals surface area contributed by atoms with Crippen LogP contribution in [0.4, 0.5) is 0 Å². The first-order valence-corrected chi connectivity index (χ1v) is 6.47. The second-order valence-electron chi connectivity index (χ2n) is 5.65. The number of rotatable bonds is 1. The molecule has 0 radical (unpaired) electrons. The van der Waals surface area contributed by atoms with E-state index in [-0.39, 0.29) is 12.3 Å². The molecule has 0 bridgehead atoms. The van der Waals surface area contributed by atoms with Crippen molar-refractivity contribution in [3.05, 3.63) is 0 Å². The predicted octanol–water partition coefficient (Wildman–Crippen LogP) is 0.582. The van der Waals surface area contributed by atoms with E-state index in [2.05, 4.69) is 4.74 Å². The van der Waals surface area contributed by atoms with Crippen LogP contribution in [0.2, 0.25) is 0 Å². The van der Waals surface area contributed by atoms with E-state index in [0.717, 1.165) is 12.8 Å². The number of hydrogen-bond donors (Lipinski definition) is 0. The molecule has 6 nitrogen and oxygen atoms in total. The Balaban J connectivity index is 2.07. The van der Waals surface area contributed by atoms with Crippen molar-refractivity contribution in [1.29, 1.82) is 0 Å². The molecule has 2 saturated heterocycles. The summed E-state index contributed by atoms with van der Waals surface area (Å²) in [7, 11) is 0. The average Bonchev–Trinajstić information content (AvgIpc) is 2.79. The minimum atomic E-state index is -1.18. The first-order valence-electron chi connectivity index (χ1n) is 6.47. The maximum Gasteiger partial charge on any atom is 0.321 e. The standard InChI is InChI=1S/C13H14O6/c1-6-3-2-4-13(7-5-8(14)18-10(7)15)9(6)11(16)19-12(13)17/h6-7,9H,2-5H2,1H3. The Bertz CT molecular complexity index is 495. The molecule has 0 aromatic rings. The van der Waals surface area contributed by atoms with Crippen LogP contribution in [-0.4, -0.2) is 23.9 Å². The fourth-order valence-electron chi connectivity index (χ4n) is 3.87. The lowest BCUT2D eigenvalue weighted by atomic mass is 9.57. The normalized spacial score (nSPS) is 42.1. The zero-order valence-corrected chi connectivity index (χ0v) is 10.5. The summed E-state index contributed by atoms with van der Waals surface area (Å²) in [4.78, 5) is 47.2. The first kappa shape index (κ1) is 12.3. The zero-order valence-electron chi connectivity index (χ0n) is 10.5. The van der Waals surface area contributed by atoms with Crippen molar-refractivity contribution in [2.75, 3.05) is 0 Å². The van der Waals surface area contributed by atoms with Crippen LogP contribution in [-0.2, 0) is 28.7 Å². The summed E-state index contributed by atoms with van der Waals surface area (Å²) in [6.45, 7) is 1.88. The minimum absolute atomic E-state index is 0.0313. The molecule has 0 aromatic heterocycles. The quantitative estimate of drug-likeness (QED) is 0.509. The van der Waals surface area contributed by atoms with Gasteiger partial charge in [-0.25, -0.2) is 0 Å². The van der Waals surface area contributed by atoms with Crippen molar-refractivity contribution < 1.29 is 28.7 Å². The average molecular weight is 266 g/mol. The van der Waals surface area contributed by atoms with Crippen molar-refractivity contribution in [3.63, 3.8) is 0 Å². The highest BCUT2D eigenvalue weighted by atomic mass is 16.6. The zero-order chi connectivity index (χ0) is 13.8. The molecule has 3 rings (SSSR count). The SMILES string of the molecule is CC1CCCC2(C3CC(=O)OC3=O)C(=O)OC(=O)C12. The molecule has 1 saturated carbocycles. The van der Waals surface area contributed by atoms with Gasteiger partial charge in [0.05, 0.1) is 23.7 Å². The topological polar surface area (TPSA) is 86.7 Å². The molecule has 2 heterocycles. The Hall–Kier alpha value is -1.72. The molecule has 2 aliphatic heterocycles. The molecule has 0 amide bonds. The highest BCUT2D eigenvalue weighted by Gasteiger charge is 2.67. The van der Waals surface area contributed by atoms with Crippen molar-refractivity contribution in [2.45, 2.75) is 32.6 Å².